The molecule has 0 saturated heterocycles. The van der Waals surface area contributed by atoms with Gasteiger partial charge >= 0.3 is 0 Å². The molecule has 4 heteroatoms. The molecule has 6 rings (SSSR count). The fourth-order valence-electron chi connectivity index (χ4n) is 5.00. The first-order chi connectivity index (χ1) is 17.8. The van der Waals surface area contributed by atoms with Crippen molar-refractivity contribution in [1.82, 2.24) is 9.97 Å². The number of benzene rings is 4. The summed E-state index contributed by atoms with van der Waals surface area (Å²) in [6.07, 6.45) is 3.61. The highest BCUT2D eigenvalue weighted by atomic mass is 16.5. The Bertz CT molecular complexity index is 1570. The fourth-order valence-corrected chi connectivity index (χ4v) is 5.00. The van der Waals surface area contributed by atoms with Gasteiger partial charge in [0, 0.05) is 34.6 Å². The van der Waals surface area contributed by atoms with E-state index in [1.165, 1.54) is 0 Å². The van der Waals surface area contributed by atoms with Crippen molar-refractivity contribution < 1.29 is 9.47 Å². The molecule has 0 saturated carbocycles. The highest BCUT2D eigenvalue weighted by Gasteiger charge is 2.25. The Kier molecular flexibility index (Phi) is 5.55. The number of methoxy groups -OCH3 is 2. The summed E-state index contributed by atoms with van der Waals surface area (Å²) < 4.78 is 12.4. The van der Waals surface area contributed by atoms with Crippen LogP contribution >= 0.6 is 0 Å². The van der Waals surface area contributed by atoms with Crippen molar-refractivity contribution in [2.75, 3.05) is 14.2 Å². The zero-order valence-corrected chi connectivity index (χ0v) is 20.1. The van der Waals surface area contributed by atoms with Gasteiger partial charge in [0.2, 0.25) is 0 Å². The van der Waals surface area contributed by atoms with Gasteiger partial charge in [-0.25, -0.2) is 0 Å². The standard InChI is InChI=1S/C32H24N2O2/c1-35-31-25(27-15-7-9-17-33-27)19-21-11-3-5-13-23(21)29(31)30-24-14-6-4-12-22(24)20-26(32(30)36-2)28-16-8-10-18-34-28/h3-20H,1-2H3. The Morgan fingerprint density at radius 2 is 0.917 bits per heavy atom. The minimum atomic E-state index is 0.758. The zero-order valence-electron chi connectivity index (χ0n) is 20.1. The summed E-state index contributed by atoms with van der Waals surface area (Å²) in [6, 6.07) is 32.9. The van der Waals surface area contributed by atoms with Crippen molar-refractivity contribution in [3.63, 3.8) is 0 Å². The number of aromatic nitrogens is 2. The Labute approximate surface area is 209 Å². The minimum Gasteiger partial charge on any atom is -0.495 e. The lowest BCUT2D eigenvalue weighted by molar-refractivity contribution is 0.412. The van der Waals surface area contributed by atoms with Crippen LogP contribution in [0, 0.1) is 0 Å². The van der Waals surface area contributed by atoms with E-state index < -0.39 is 0 Å². The van der Waals surface area contributed by atoms with Gasteiger partial charge in [0.25, 0.3) is 0 Å². The average Bonchev–Trinajstić information content (AvgIpc) is 2.96. The normalized spacial score (nSPS) is 11.1. The van der Waals surface area contributed by atoms with E-state index in [0.29, 0.717) is 0 Å². The first kappa shape index (κ1) is 21.8. The van der Waals surface area contributed by atoms with E-state index in [2.05, 4.69) is 70.6 Å². The molecule has 2 heterocycles. The Morgan fingerprint density at radius 3 is 1.31 bits per heavy atom. The zero-order chi connectivity index (χ0) is 24.5. The molecule has 0 unspecified atom stereocenters. The second-order valence-electron chi connectivity index (χ2n) is 8.54. The minimum absolute atomic E-state index is 0.758. The molecule has 0 aliphatic carbocycles. The third-order valence-corrected chi connectivity index (χ3v) is 6.54. The molecule has 6 aromatic rings. The van der Waals surface area contributed by atoms with E-state index in [0.717, 1.165) is 66.7 Å². The summed E-state index contributed by atoms with van der Waals surface area (Å²) in [5.74, 6) is 1.52. The van der Waals surface area contributed by atoms with E-state index in [4.69, 9.17) is 9.47 Å². The third kappa shape index (κ3) is 3.55. The van der Waals surface area contributed by atoms with Crippen LogP contribution in [0.25, 0.3) is 55.2 Å². The number of fused-ring (bicyclic) bond motifs is 2. The molecule has 0 N–H and O–H groups in total. The highest BCUT2D eigenvalue weighted by molar-refractivity contribution is 6.14. The van der Waals surface area contributed by atoms with Gasteiger partial charge in [-0.15, -0.1) is 0 Å². The lowest BCUT2D eigenvalue weighted by Gasteiger charge is -2.22. The summed E-state index contributed by atoms with van der Waals surface area (Å²) in [6.45, 7) is 0. The molecule has 0 radical (unpaired) electrons. The summed E-state index contributed by atoms with van der Waals surface area (Å²) >= 11 is 0. The first-order valence-electron chi connectivity index (χ1n) is 11.8. The second-order valence-corrected chi connectivity index (χ2v) is 8.54. The summed E-state index contributed by atoms with van der Waals surface area (Å²) in [5.41, 5.74) is 5.52. The van der Waals surface area contributed by atoms with Crippen molar-refractivity contribution in [2.24, 2.45) is 0 Å². The van der Waals surface area contributed by atoms with Crippen LogP contribution in [0.3, 0.4) is 0 Å². The number of pyridine rings is 2. The Morgan fingerprint density at radius 1 is 0.500 bits per heavy atom. The number of hydrogen-bond donors (Lipinski definition) is 0. The summed E-state index contributed by atoms with van der Waals surface area (Å²) in [4.78, 5) is 9.30. The van der Waals surface area contributed by atoms with Gasteiger partial charge in [0.15, 0.2) is 0 Å². The Balaban J connectivity index is 1.82. The maximum absolute atomic E-state index is 6.18. The first-order valence-corrected chi connectivity index (χ1v) is 11.8. The lowest BCUT2D eigenvalue weighted by Crippen LogP contribution is -1.99. The van der Waals surface area contributed by atoms with Crippen LogP contribution in [-0.2, 0) is 0 Å². The van der Waals surface area contributed by atoms with Crippen molar-refractivity contribution in [3.8, 4) is 45.1 Å². The molecular formula is C32H24N2O2. The van der Waals surface area contributed by atoms with Crippen molar-refractivity contribution in [2.45, 2.75) is 0 Å². The van der Waals surface area contributed by atoms with Crippen LogP contribution in [0.15, 0.2) is 109 Å². The molecule has 0 spiro atoms. The topological polar surface area (TPSA) is 44.2 Å². The molecule has 0 atom stereocenters. The maximum Gasteiger partial charge on any atom is 0.136 e. The van der Waals surface area contributed by atoms with E-state index in [9.17, 15) is 0 Å². The molecule has 0 fully saturated rings. The van der Waals surface area contributed by atoms with Gasteiger partial charge in [0.1, 0.15) is 11.5 Å². The Hall–Kier alpha value is -4.70. The van der Waals surface area contributed by atoms with E-state index in [1.54, 1.807) is 26.6 Å². The van der Waals surface area contributed by atoms with Crippen molar-refractivity contribution in [1.29, 1.82) is 0 Å². The fraction of sp³-hybridized carbons (Fsp3) is 0.0625. The number of hydrogen-bond acceptors (Lipinski definition) is 4. The van der Waals surface area contributed by atoms with Crippen LogP contribution in [0.1, 0.15) is 0 Å². The molecule has 2 aromatic heterocycles. The largest absolute Gasteiger partial charge is 0.495 e. The maximum atomic E-state index is 6.18. The summed E-state index contributed by atoms with van der Waals surface area (Å²) in [5, 5.41) is 4.36. The number of rotatable bonds is 5. The molecule has 4 aromatic carbocycles. The van der Waals surface area contributed by atoms with E-state index in [1.807, 2.05) is 36.4 Å². The SMILES string of the molecule is COc1c(-c2ccccn2)cc2ccccc2c1-c1c(OC)c(-c2ccccn2)cc2ccccc12. The third-order valence-electron chi connectivity index (χ3n) is 6.54. The van der Waals surface area contributed by atoms with Gasteiger partial charge in [-0.2, -0.15) is 0 Å². The molecule has 0 aliphatic rings. The molecule has 174 valence electrons. The molecule has 0 bridgehead atoms. The van der Waals surface area contributed by atoms with Crippen LogP contribution in [0.4, 0.5) is 0 Å². The molecule has 36 heavy (non-hydrogen) atoms. The second kappa shape index (κ2) is 9.16. The van der Waals surface area contributed by atoms with Crippen LogP contribution in [0.2, 0.25) is 0 Å². The molecule has 0 aliphatic heterocycles. The van der Waals surface area contributed by atoms with Crippen LogP contribution in [0.5, 0.6) is 11.5 Å². The predicted molar refractivity (Wildman–Crippen MR) is 146 cm³/mol. The van der Waals surface area contributed by atoms with Crippen LogP contribution in [-0.4, -0.2) is 24.2 Å². The van der Waals surface area contributed by atoms with Gasteiger partial charge in [-0.3, -0.25) is 9.97 Å². The average molecular weight is 469 g/mol. The quantitative estimate of drug-likeness (QED) is 0.259. The molecule has 4 nitrogen and oxygen atoms in total. The van der Waals surface area contributed by atoms with Crippen molar-refractivity contribution >= 4 is 21.5 Å². The number of ether oxygens (including phenoxy) is 2. The number of nitrogens with zero attached hydrogens (tertiary/aromatic N) is 2. The highest BCUT2D eigenvalue weighted by Crippen LogP contribution is 2.51. The van der Waals surface area contributed by atoms with E-state index in [-0.39, 0.29) is 0 Å². The van der Waals surface area contributed by atoms with Crippen molar-refractivity contribution in [3.05, 3.63) is 109 Å². The van der Waals surface area contributed by atoms with Gasteiger partial charge in [0.05, 0.1) is 25.6 Å². The monoisotopic (exact) mass is 468 g/mol. The van der Waals surface area contributed by atoms with Gasteiger partial charge < -0.3 is 9.47 Å². The van der Waals surface area contributed by atoms with E-state index >= 15 is 0 Å². The predicted octanol–water partition coefficient (Wildman–Crippen LogP) is 7.80. The van der Waals surface area contributed by atoms with Gasteiger partial charge in [-0.05, 0) is 57.9 Å². The molecular weight excluding hydrogens is 444 g/mol. The smallest absolute Gasteiger partial charge is 0.136 e. The van der Waals surface area contributed by atoms with Crippen LogP contribution < -0.4 is 9.47 Å². The summed E-state index contributed by atoms with van der Waals surface area (Å²) in [7, 11) is 3.44. The molecule has 0 amide bonds. The lowest BCUT2D eigenvalue weighted by atomic mass is 9.87. The van der Waals surface area contributed by atoms with Gasteiger partial charge in [-0.1, -0.05) is 60.7 Å².